The minimum atomic E-state index is -0.379. The highest BCUT2D eigenvalue weighted by Gasteiger charge is 2.14. The minimum absolute atomic E-state index is 0.00191. The van der Waals surface area contributed by atoms with Crippen LogP contribution in [0.1, 0.15) is 64.7 Å². The molecule has 1 amide bonds. The second-order valence-corrected chi connectivity index (χ2v) is 5.05. The minimum Gasteiger partial charge on any atom is -0.352 e. The van der Waals surface area contributed by atoms with E-state index >= 15 is 0 Å². The first kappa shape index (κ1) is 13.5. The van der Waals surface area contributed by atoms with Crippen molar-refractivity contribution in [2.24, 2.45) is 5.73 Å². The van der Waals surface area contributed by atoms with Gasteiger partial charge < -0.3 is 11.1 Å². The fourth-order valence-electron chi connectivity index (χ4n) is 2.29. The summed E-state index contributed by atoms with van der Waals surface area (Å²) in [7, 11) is 0. The van der Waals surface area contributed by atoms with Crippen LogP contribution < -0.4 is 11.1 Å². The molecule has 94 valence electrons. The van der Waals surface area contributed by atoms with E-state index in [2.05, 4.69) is 5.32 Å². The first-order valence-corrected chi connectivity index (χ1v) is 6.76. The van der Waals surface area contributed by atoms with Crippen molar-refractivity contribution in [2.45, 2.75) is 76.8 Å². The Morgan fingerprint density at radius 3 is 1.94 bits per heavy atom. The highest BCUT2D eigenvalue weighted by atomic mass is 16.2. The zero-order valence-electron chi connectivity index (χ0n) is 10.5. The normalized spacial score (nSPS) is 22.4. The Morgan fingerprint density at radius 2 is 1.50 bits per heavy atom. The Kier molecular flexibility index (Phi) is 6.46. The molecular weight excluding hydrogens is 200 g/mol. The molecular formula is C13H26N2O. The summed E-state index contributed by atoms with van der Waals surface area (Å²) in [5.41, 5.74) is 5.57. The largest absolute Gasteiger partial charge is 0.352 e. The van der Waals surface area contributed by atoms with E-state index in [9.17, 15) is 4.79 Å². The first-order valence-electron chi connectivity index (χ1n) is 6.76. The van der Waals surface area contributed by atoms with Gasteiger partial charge in [-0.25, -0.2) is 0 Å². The van der Waals surface area contributed by atoms with Gasteiger partial charge in [0.15, 0.2) is 0 Å². The summed E-state index contributed by atoms with van der Waals surface area (Å²) in [6.45, 7) is 1.75. The molecule has 3 heteroatoms. The molecule has 0 heterocycles. The van der Waals surface area contributed by atoms with Gasteiger partial charge >= 0.3 is 0 Å². The number of nitrogens with one attached hydrogen (secondary N) is 1. The van der Waals surface area contributed by atoms with Gasteiger partial charge in [-0.2, -0.15) is 0 Å². The third-order valence-corrected chi connectivity index (χ3v) is 3.37. The van der Waals surface area contributed by atoms with Crippen molar-refractivity contribution < 1.29 is 4.79 Å². The molecule has 0 radical (unpaired) electrons. The third-order valence-electron chi connectivity index (χ3n) is 3.37. The SMILES string of the molecule is C[C@H](N)C(=O)NC1CCCCCCCCC1. The molecule has 0 bridgehead atoms. The molecule has 0 aromatic carbocycles. The highest BCUT2D eigenvalue weighted by molar-refractivity contribution is 5.81. The van der Waals surface area contributed by atoms with Gasteiger partial charge in [0, 0.05) is 6.04 Å². The molecule has 1 rings (SSSR count). The molecule has 1 saturated carbocycles. The molecule has 3 N–H and O–H groups in total. The number of rotatable bonds is 2. The van der Waals surface area contributed by atoms with Gasteiger partial charge in [-0.1, -0.05) is 44.9 Å². The standard InChI is InChI=1S/C13H26N2O/c1-11(14)13(16)15-12-9-7-5-3-2-4-6-8-10-12/h11-12H,2-10,14H2,1H3,(H,15,16)/t11-/m0/s1. The summed E-state index contributed by atoms with van der Waals surface area (Å²) in [4.78, 5) is 11.5. The van der Waals surface area contributed by atoms with Gasteiger partial charge in [-0.3, -0.25) is 4.79 Å². The van der Waals surface area contributed by atoms with Crippen molar-refractivity contribution in [3.05, 3.63) is 0 Å². The van der Waals surface area contributed by atoms with E-state index in [0.717, 1.165) is 12.8 Å². The van der Waals surface area contributed by atoms with E-state index in [1.807, 2.05) is 0 Å². The zero-order chi connectivity index (χ0) is 11.8. The summed E-state index contributed by atoms with van der Waals surface area (Å²) in [6.07, 6.45) is 11.4. The topological polar surface area (TPSA) is 55.1 Å². The summed E-state index contributed by atoms with van der Waals surface area (Å²) in [5, 5.41) is 3.07. The van der Waals surface area contributed by atoms with Crippen LogP contribution in [-0.4, -0.2) is 18.0 Å². The van der Waals surface area contributed by atoms with E-state index < -0.39 is 0 Å². The fourth-order valence-corrected chi connectivity index (χ4v) is 2.29. The lowest BCUT2D eigenvalue weighted by molar-refractivity contribution is -0.122. The predicted molar refractivity (Wildman–Crippen MR) is 67.1 cm³/mol. The zero-order valence-corrected chi connectivity index (χ0v) is 10.5. The lowest BCUT2D eigenvalue weighted by Crippen LogP contribution is -2.43. The van der Waals surface area contributed by atoms with Crippen LogP contribution in [0.25, 0.3) is 0 Å². The molecule has 0 aromatic heterocycles. The van der Waals surface area contributed by atoms with Crippen LogP contribution in [0, 0.1) is 0 Å². The van der Waals surface area contributed by atoms with E-state index in [0.29, 0.717) is 6.04 Å². The second-order valence-electron chi connectivity index (χ2n) is 5.05. The predicted octanol–water partition coefficient (Wildman–Crippen LogP) is 2.34. The highest BCUT2D eigenvalue weighted by Crippen LogP contribution is 2.16. The number of nitrogens with two attached hydrogens (primary N) is 1. The third kappa shape index (κ3) is 5.50. The lowest BCUT2D eigenvalue weighted by atomic mass is 9.97. The number of carbonyl (C=O) groups excluding carboxylic acids is 1. The van der Waals surface area contributed by atoms with Crippen LogP contribution in [0.5, 0.6) is 0 Å². The van der Waals surface area contributed by atoms with Gasteiger partial charge in [0.1, 0.15) is 0 Å². The van der Waals surface area contributed by atoms with Crippen LogP contribution in [-0.2, 0) is 4.79 Å². The molecule has 3 nitrogen and oxygen atoms in total. The maximum absolute atomic E-state index is 11.5. The Balaban J connectivity index is 2.32. The molecule has 0 spiro atoms. The van der Waals surface area contributed by atoms with Gasteiger partial charge in [-0.05, 0) is 19.8 Å². The number of carbonyl (C=O) groups is 1. The number of hydrogen-bond acceptors (Lipinski definition) is 2. The Bertz CT molecular complexity index is 194. The van der Waals surface area contributed by atoms with Crippen LogP contribution in [0.15, 0.2) is 0 Å². The summed E-state index contributed by atoms with van der Waals surface area (Å²) in [6, 6.07) is -0.0213. The summed E-state index contributed by atoms with van der Waals surface area (Å²) >= 11 is 0. The summed E-state index contributed by atoms with van der Waals surface area (Å²) < 4.78 is 0. The monoisotopic (exact) mass is 226 g/mol. The maximum atomic E-state index is 11.5. The van der Waals surface area contributed by atoms with E-state index in [4.69, 9.17) is 5.73 Å². The average molecular weight is 226 g/mol. The Hall–Kier alpha value is -0.570. The smallest absolute Gasteiger partial charge is 0.236 e. The second kappa shape index (κ2) is 7.66. The molecule has 1 aliphatic carbocycles. The van der Waals surface area contributed by atoms with E-state index in [1.165, 1.54) is 44.9 Å². The van der Waals surface area contributed by atoms with Gasteiger partial charge in [-0.15, -0.1) is 0 Å². The molecule has 1 fully saturated rings. The molecule has 1 atom stereocenters. The molecule has 1 aliphatic rings. The van der Waals surface area contributed by atoms with Crippen LogP contribution in [0.3, 0.4) is 0 Å². The molecule has 16 heavy (non-hydrogen) atoms. The van der Waals surface area contributed by atoms with Crippen LogP contribution in [0.4, 0.5) is 0 Å². The number of amides is 1. The van der Waals surface area contributed by atoms with Crippen LogP contribution >= 0.6 is 0 Å². The van der Waals surface area contributed by atoms with Crippen molar-refractivity contribution in [3.63, 3.8) is 0 Å². The van der Waals surface area contributed by atoms with E-state index in [-0.39, 0.29) is 11.9 Å². The quantitative estimate of drug-likeness (QED) is 0.759. The van der Waals surface area contributed by atoms with Crippen molar-refractivity contribution in [1.29, 1.82) is 0 Å². The van der Waals surface area contributed by atoms with Crippen molar-refractivity contribution in [2.75, 3.05) is 0 Å². The van der Waals surface area contributed by atoms with Gasteiger partial charge in [0.25, 0.3) is 0 Å². The van der Waals surface area contributed by atoms with Crippen molar-refractivity contribution in [1.82, 2.24) is 5.32 Å². The van der Waals surface area contributed by atoms with Gasteiger partial charge in [0.2, 0.25) is 5.91 Å². The van der Waals surface area contributed by atoms with Crippen molar-refractivity contribution >= 4 is 5.91 Å². The molecule has 0 unspecified atom stereocenters. The van der Waals surface area contributed by atoms with Gasteiger partial charge in [0.05, 0.1) is 6.04 Å². The Morgan fingerprint density at radius 1 is 1.06 bits per heavy atom. The first-order chi connectivity index (χ1) is 7.70. The molecule has 0 aliphatic heterocycles. The summed E-state index contributed by atoms with van der Waals surface area (Å²) in [5.74, 6) is 0.00191. The number of hydrogen-bond donors (Lipinski definition) is 2. The van der Waals surface area contributed by atoms with E-state index in [1.54, 1.807) is 6.92 Å². The molecule has 0 saturated heterocycles. The Labute approximate surface area is 99.2 Å². The average Bonchev–Trinajstić information content (AvgIpc) is 2.27. The van der Waals surface area contributed by atoms with Crippen molar-refractivity contribution in [3.8, 4) is 0 Å². The maximum Gasteiger partial charge on any atom is 0.236 e. The molecule has 0 aromatic rings. The van der Waals surface area contributed by atoms with Crippen LogP contribution in [0.2, 0.25) is 0 Å². The fraction of sp³-hybridized carbons (Fsp3) is 0.923. The lowest BCUT2D eigenvalue weighted by Gasteiger charge is -2.21.